The van der Waals surface area contributed by atoms with Gasteiger partial charge in [-0.1, -0.05) is 18.2 Å². The molecule has 0 spiro atoms. The van der Waals surface area contributed by atoms with Gasteiger partial charge in [-0.05, 0) is 56.3 Å². The number of aliphatic imine (C=N–C) groups is 1. The Morgan fingerprint density at radius 2 is 1.81 bits per heavy atom. The predicted molar refractivity (Wildman–Crippen MR) is 136 cm³/mol. The molecule has 174 valence electrons. The lowest BCUT2D eigenvalue weighted by molar-refractivity contribution is -0.115. The van der Waals surface area contributed by atoms with Crippen LogP contribution in [0.15, 0.2) is 53.5 Å². The largest absolute Gasteiger partial charge is 0.496 e. The summed E-state index contributed by atoms with van der Waals surface area (Å²) in [5.41, 5.74) is 1.67. The zero-order chi connectivity index (χ0) is 22.1. The van der Waals surface area contributed by atoms with Gasteiger partial charge in [-0.2, -0.15) is 0 Å². The van der Waals surface area contributed by atoms with Gasteiger partial charge in [-0.15, -0.1) is 24.0 Å². The number of ether oxygens (including phenoxy) is 1. The Hall–Kier alpha value is -2.40. The second-order valence-electron chi connectivity index (χ2n) is 7.36. The van der Waals surface area contributed by atoms with E-state index in [-0.39, 0.29) is 48.3 Å². The van der Waals surface area contributed by atoms with Crippen molar-refractivity contribution in [2.75, 3.05) is 45.7 Å². The van der Waals surface area contributed by atoms with Crippen LogP contribution in [0.3, 0.4) is 0 Å². The van der Waals surface area contributed by atoms with E-state index < -0.39 is 0 Å². The Kier molecular flexibility index (Phi) is 10.7. The second-order valence-corrected chi connectivity index (χ2v) is 7.36. The zero-order valence-corrected chi connectivity index (χ0v) is 20.8. The summed E-state index contributed by atoms with van der Waals surface area (Å²) >= 11 is 0. The number of halogens is 2. The normalized spacial score (nSPS) is 14.9. The smallest absolute Gasteiger partial charge is 0.243 e. The number of methoxy groups -OCH3 is 1. The number of hydrogen-bond donors (Lipinski definition) is 3. The van der Waals surface area contributed by atoms with E-state index in [9.17, 15) is 9.18 Å². The summed E-state index contributed by atoms with van der Waals surface area (Å²) in [5.74, 6) is 0.815. The van der Waals surface area contributed by atoms with Gasteiger partial charge in [0.15, 0.2) is 5.96 Å². The van der Waals surface area contributed by atoms with Crippen molar-refractivity contribution in [3.05, 3.63) is 59.9 Å². The maximum absolute atomic E-state index is 13.0. The van der Waals surface area contributed by atoms with Crippen molar-refractivity contribution in [2.24, 2.45) is 4.99 Å². The zero-order valence-electron chi connectivity index (χ0n) is 18.4. The first-order valence-corrected chi connectivity index (χ1v) is 10.5. The van der Waals surface area contributed by atoms with Crippen LogP contribution in [0.4, 0.5) is 10.1 Å². The Bertz CT molecular complexity index is 888. The van der Waals surface area contributed by atoms with E-state index in [1.807, 2.05) is 18.2 Å². The Morgan fingerprint density at radius 1 is 1.12 bits per heavy atom. The third-order valence-electron chi connectivity index (χ3n) is 5.31. The standard InChI is InChI=1S/C23H30FN5O2.HI/c1-25-23(27-16-22(30)28-18-11-9-17(24)10-12-18)26-15-20(29-13-5-6-14-29)19-7-3-4-8-21(19)31-2;/h3-4,7-12,20H,5-6,13-16H2,1-2H3,(H,28,30)(H2,25,26,27);1H. The molecule has 0 bridgehead atoms. The number of hydrogen-bond acceptors (Lipinski definition) is 4. The number of guanidine groups is 1. The van der Waals surface area contributed by atoms with Gasteiger partial charge in [0.05, 0.1) is 19.7 Å². The third-order valence-corrected chi connectivity index (χ3v) is 5.31. The third kappa shape index (κ3) is 7.33. The summed E-state index contributed by atoms with van der Waals surface area (Å²) < 4.78 is 18.6. The lowest BCUT2D eigenvalue weighted by Crippen LogP contribution is -2.45. The molecule has 1 atom stereocenters. The van der Waals surface area contributed by atoms with E-state index in [0.717, 1.165) is 24.4 Å². The summed E-state index contributed by atoms with van der Waals surface area (Å²) in [5, 5.41) is 9.09. The van der Waals surface area contributed by atoms with Crippen LogP contribution < -0.4 is 20.7 Å². The van der Waals surface area contributed by atoms with Crippen LogP contribution in [-0.2, 0) is 4.79 Å². The molecule has 0 aromatic heterocycles. The van der Waals surface area contributed by atoms with Crippen molar-refractivity contribution in [2.45, 2.75) is 18.9 Å². The number of anilines is 1. The Labute approximate surface area is 205 Å². The number of carbonyl (C=O) groups excluding carboxylic acids is 1. The molecule has 32 heavy (non-hydrogen) atoms. The van der Waals surface area contributed by atoms with Crippen LogP contribution in [0, 0.1) is 5.82 Å². The molecule has 0 saturated carbocycles. The number of amides is 1. The molecule has 1 saturated heterocycles. The molecule has 1 aliphatic heterocycles. The van der Waals surface area contributed by atoms with Gasteiger partial charge < -0.3 is 20.7 Å². The van der Waals surface area contributed by atoms with E-state index >= 15 is 0 Å². The number of rotatable bonds is 8. The van der Waals surface area contributed by atoms with Crippen molar-refractivity contribution in [3.63, 3.8) is 0 Å². The number of benzene rings is 2. The molecule has 1 heterocycles. The topological polar surface area (TPSA) is 78.0 Å². The minimum atomic E-state index is -0.344. The molecule has 1 aliphatic rings. The van der Waals surface area contributed by atoms with Crippen molar-refractivity contribution in [1.82, 2.24) is 15.5 Å². The van der Waals surface area contributed by atoms with Crippen molar-refractivity contribution in [3.8, 4) is 5.75 Å². The Balaban J connectivity index is 0.00000363. The molecule has 0 radical (unpaired) electrons. The first-order valence-electron chi connectivity index (χ1n) is 10.5. The van der Waals surface area contributed by atoms with E-state index in [1.165, 1.54) is 37.1 Å². The molecule has 1 unspecified atom stereocenters. The van der Waals surface area contributed by atoms with Crippen molar-refractivity contribution in [1.29, 1.82) is 0 Å². The fourth-order valence-corrected chi connectivity index (χ4v) is 3.75. The molecule has 7 nitrogen and oxygen atoms in total. The number of para-hydroxylation sites is 1. The van der Waals surface area contributed by atoms with Crippen molar-refractivity contribution >= 4 is 41.5 Å². The van der Waals surface area contributed by atoms with Crippen LogP contribution in [0.25, 0.3) is 0 Å². The molecule has 2 aromatic carbocycles. The quantitative estimate of drug-likeness (QED) is 0.265. The van der Waals surface area contributed by atoms with Gasteiger partial charge in [-0.25, -0.2) is 4.39 Å². The van der Waals surface area contributed by atoms with Gasteiger partial charge in [0.25, 0.3) is 0 Å². The summed E-state index contributed by atoms with van der Waals surface area (Å²) in [7, 11) is 3.36. The maximum Gasteiger partial charge on any atom is 0.243 e. The monoisotopic (exact) mass is 555 g/mol. The lowest BCUT2D eigenvalue weighted by Gasteiger charge is -2.30. The average molecular weight is 555 g/mol. The van der Waals surface area contributed by atoms with E-state index in [4.69, 9.17) is 4.74 Å². The summed E-state index contributed by atoms with van der Waals surface area (Å²) in [4.78, 5) is 18.9. The first-order chi connectivity index (χ1) is 15.1. The molecule has 3 rings (SSSR count). The summed E-state index contributed by atoms with van der Waals surface area (Å²) in [6, 6.07) is 13.8. The number of carbonyl (C=O) groups is 1. The highest BCUT2D eigenvalue weighted by atomic mass is 127. The molecular weight excluding hydrogens is 524 g/mol. The van der Waals surface area contributed by atoms with Gasteiger partial charge in [0, 0.05) is 24.8 Å². The van der Waals surface area contributed by atoms with Crippen LogP contribution in [0.2, 0.25) is 0 Å². The van der Waals surface area contributed by atoms with Gasteiger partial charge in [0.2, 0.25) is 5.91 Å². The van der Waals surface area contributed by atoms with Gasteiger partial charge in [0.1, 0.15) is 11.6 Å². The second kappa shape index (κ2) is 13.2. The Morgan fingerprint density at radius 3 is 2.47 bits per heavy atom. The van der Waals surface area contributed by atoms with Crippen LogP contribution in [0.5, 0.6) is 5.75 Å². The molecule has 0 aliphatic carbocycles. The SMILES string of the molecule is CN=C(NCC(=O)Nc1ccc(F)cc1)NCC(c1ccccc1OC)N1CCCC1.I. The molecule has 2 aromatic rings. The molecule has 1 fully saturated rings. The number of nitrogens with zero attached hydrogens (tertiary/aromatic N) is 2. The molecule has 3 N–H and O–H groups in total. The van der Waals surface area contributed by atoms with Crippen molar-refractivity contribution < 1.29 is 13.9 Å². The number of nitrogens with one attached hydrogen (secondary N) is 3. The van der Waals surface area contributed by atoms with Gasteiger partial charge >= 0.3 is 0 Å². The highest BCUT2D eigenvalue weighted by Crippen LogP contribution is 2.31. The summed E-state index contributed by atoms with van der Waals surface area (Å²) in [6.07, 6.45) is 2.37. The minimum Gasteiger partial charge on any atom is -0.496 e. The fourth-order valence-electron chi connectivity index (χ4n) is 3.75. The number of likely N-dealkylation sites (tertiary alicyclic amines) is 1. The molecular formula is C23H31FIN5O2. The van der Waals surface area contributed by atoms with E-state index in [2.05, 4.69) is 31.9 Å². The predicted octanol–water partition coefficient (Wildman–Crippen LogP) is 3.39. The minimum absolute atomic E-state index is 0. The van der Waals surface area contributed by atoms with Crippen LogP contribution >= 0.6 is 24.0 Å². The first kappa shape index (κ1) is 25.9. The average Bonchev–Trinajstić information content (AvgIpc) is 3.32. The summed E-state index contributed by atoms with van der Waals surface area (Å²) in [6.45, 7) is 2.74. The molecule has 9 heteroatoms. The van der Waals surface area contributed by atoms with E-state index in [1.54, 1.807) is 14.2 Å². The van der Waals surface area contributed by atoms with Gasteiger partial charge in [-0.3, -0.25) is 14.7 Å². The fraction of sp³-hybridized carbons (Fsp3) is 0.391. The maximum atomic E-state index is 13.0. The van der Waals surface area contributed by atoms with E-state index in [0.29, 0.717) is 18.2 Å². The highest BCUT2D eigenvalue weighted by molar-refractivity contribution is 14.0. The lowest BCUT2D eigenvalue weighted by atomic mass is 10.0. The van der Waals surface area contributed by atoms with Crippen LogP contribution in [-0.4, -0.2) is 57.1 Å². The highest BCUT2D eigenvalue weighted by Gasteiger charge is 2.26. The molecule has 1 amide bonds. The van der Waals surface area contributed by atoms with Crippen LogP contribution in [0.1, 0.15) is 24.4 Å².